The number of nitrogens with two attached hydrogens (primary N) is 1. The van der Waals surface area contributed by atoms with E-state index in [0.717, 1.165) is 19.3 Å². The van der Waals surface area contributed by atoms with E-state index in [1.165, 1.54) is 5.56 Å². The van der Waals surface area contributed by atoms with Crippen molar-refractivity contribution in [2.75, 3.05) is 5.88 Å². The predicted octanol–water partition coefficient (Wildman–Crippen LogP) is 2.08. The molecule has 0 spiro atoms. The summed E-state index contributed by atoms with van der Waals surface area (Å²) in [4.78, 5) is 0. The van der Waals surface area contributed by atoms with E-state index in [4.69, 9.17) is 17.4 Å². The molecule has 3 heteroatoms. The summed E-state index contributed by atoms with van der Waals surface area (Å²) in [6, 6.07) is 10.7. The van der Waals surface area contributed by atoms with E-state index in [2.05, 4.69) is 17.6 Å². The molecule has 0 saturated heterocycles. The van der Waals surface area contributed by atoms with Crippen LogP contribution in [0.25, 0.3) is 0 Å². The Hall–Kier alpha value is -0.570. The van der Waals surface area contributed by atoms with Gasteiger partial charge in [0.2, 0.25) is 0 Å². The molecule has 0 radical (unpaired) electrons. The third-order valence-corrected chi connectivity index (χ3v) is 2.51. The highest BCUT2D eigenvalue weighted by Crippen LogP contribution is 2.07. The Kier molecular flexibility index (Phi) is 5.60. The topological polar surface area (TPSA) is 38.0 Å². The number of halogens is 1. The van der Waals surface area contributed by atoms with Crippen LogP contribution >= 0.6 is 11.6 Å². The maximum Gasteiger partial charge on any atom is 0.0251 e. The van der Waals surface area contributed by atoms with E-state index in [1.54, 1.807) is 0 Å². The molecule has 78 valence electrons. The van der Waals surface area contributed by atoms with Gasteiger partial charge < -0.3 is 0 Å². The molecule has 1 aromatic rings. The summed E-state index contributed by atoms with van der Waals surface area (Å²) in [5, 5.41) is 0. The van der Waals surface area contributed by atoms with Crippen LogP contribution in [-0.4, -0.2) is 11.9 Å². The molecule has 3 N–H and O–H groups in total. The quantitative estimate of drug-likeness (QED) is 0.431. The molecular weight excluding hydrogens is 196 g/mol. The van der Waals surface area contributed by atoms with Gasteiger partial charge in [-0.1, -0.05) is 30.3 Å². The van der Waals surface area contributed by atoms with Crippen molar-refractivity contribution < 1.29 is 0 Å². The van der Waals surface area contributed by atoms with Crippen molar-refractivity contribution >= 4 is 11.6 Å². The lowest BCUT2D eigenvalue weighted by molar-refractivity contribution is 0.487. The minimum Gasteiger partial charge on any atom is -0.271 e. The van der Waals surface area contributed by atoms with E-state index in [-0.39, 0.29) is 0 Å². The van der Waals surface area contributed by atoms with Gasteiger partial charge in [0.25, 0.3) is 0 Å². The molecule has 0 amide bonds. The molecular formula is C11H17ClN2. The number of hydrogen-bond donors (Lipinski definition) is 2. The van der Waals surface area contributed by atoms with Crippen LogP contribution in [0.3, 0.4) is 0 Å². The van der Waals surface area contributed by atoms with Crippen LogP contribution in [0.1, 0.15) is 18.4 Å². The van der Waals surface area contributed by atoms with Gasteiger partial charge in [0.15, 0.2) is 0 Å². The number of alkyl halides is 1. The minimum atomic E-state index is 0.330. The van der Waals surface area contributed by atoms with Gasteiger partial charge in [0, 0.05) is 11.9 Å². The Balaban J connectivity index is 2.40. The van der Waals surface area contributed by atoms with Crippen LogP contribution < -0.4 is 11.3 Å². The van der Waals surface area contributed by atoms with Crippen LogP contribution in [0, 0.1) is 0 Å². The molecule has 1 aromatic carbocycles. The number of nitrogens with one attached hydrogen (secondary N) is 1. The fraction of sp³-hybridized carbons (Fsp3) is 0.455. The molecule has 0 aliphatic heterocycles. The summed E-state index contributed by atoms with van der Waals surface area (Å²) in [5.74, 6) is 6.17. The number of hydrogen-bond acceptors (Lipinski definition) is 2. The zero-order valence-electron chi connectivity index (χ0n) is 8.25. The second-order valence-corrected chi connectivity index (χ2v) is 3.76. The fourth-order valence-electron chi connectivity index (χ4n) is 1.47. The van der Waals surface area contributed by atoms with Crippen molar-refractivity contribution in [3.8, 4) is 0 Å². The lowest BCUT2D eigenvalue weighted by Crippen LogP contribution is -2.36. The van der Waals surface area contributed by atoms with Gasteiger partial charge in [-0.2, -0.15) is 0 Å². The molecule has 0 saturated carbocycles. The SMILES string of the molecule is NNC(CCCCl)Cc1ccccc1. The molecule has 0 fully saturated rings. The zero-order chi connectivity index (χ0) is 10.2. The molecule has 0 heterocycles. The van der Waals surface area contributed by atoms with Crippen molar-refractivity contribution in [2.45, 2.75) is 25.3 Å². The van der Waals surface area contributed by atoms with Crippen LogP contribution in [0.5, 0.6) is 0 Å². The Bertz CT molecular complexity index is 238. The van der Waals surface area contributed by atoms with Crippen LogP contribution in [0.15, 0.2) is 30.3 Å². The zero-order valence-corrected chi connectivity index (χ0v) is 9.00. The third kappa shape index (κ3) is 4.09. The lowest BCUT2D eigenvalue weighted by Gasteiger charge is -2.14. The van der Waals surface area contributed by atoms with Crippen molar-refractivity contribution in [3.05, 3.63) is 35.9 Å². The summed E-state index contributed by atoms with van der Waals surface area (Å²) in [5.41, 5.74) is 4.14. The average Bonchev–Trinajstić information content (AvgIpc) is 2.25. The first-order valence-corrected chi connectivity index (χ1v) is 5.46. The van der Waals surface area contributed by atoms with Gasteiger partial charge in [-0.25, -0.2) is 0 Å². The van der Waals surface area contributed by atoms with Gasteiger partial charge in [-0.3, -0.25) is 11.3 Å². The number of hydrazine groups is 1. The van der Waals surface area contributed by atoms with Crippen molar-refractivity contribution in [1.29, 1.82) is 0 Å². The Morgan fingerprint density at radius 1 is 1.29 bits per heavy atom. The summed E-state index contributed by atoms with van der Waals surface area (Å²) in [6.45, 7) is 0. The fourth-order valence-corrected chi connectivity index (χ4v) is 1.62. The van der Waals surface area contributed by atoms with E-state index in [9.17, 15) is 0 Å². The smallest absolute Gasteiger partial charge is 0.0251 e. The van der Waals surface area contributed by atoms with Crippen molar-refractivity contribution in [2.24, 2.45) is 5.84 Å². The standard InChI is InChI=1S/C11H17ClN2/c12-8-4-7-11(14-13)9-10-5-2-1-3-6-10/h1-3,5-6,11,14H,4,7-9,13H2. The highest BCUT2D eigenvalue weighted by atomic mass is 35.5. The molecule has 2 nitrogen and oxygen atoms in total. The highest BCUT2D eigenvalue weighted by molar-refractivity contribution is 6.17. The van der Waals surface area contributed by atoms with Crippen molar-refractivity contribution in [3.63, 3.8) is 0 Å². The Morgan fingerprint density at radius 2 is 2.00 bits per heavy atom. The predicted molar refractivity (Wildman–Crippen MR) is 61.2 cm³/mol. The number of benzene rings is 1. The second-order valence-electron chi connectivity index (χ2n) is 3.38. The molecule has 14 heavy (non-hydrogen) atoms. The Morgan fingerprint density at radius 3 is 2.57 bits per heavy atom. The van der Waals surface area contributed by atoms with E-state index in [0.29, 0.717) is 11.9 Å². The molecule has 1 rings (SSSR count). The van der Waals surface area contributed by atoms with E-state index in [1.807, 2.05) is 18.2 Å². The van der Waals surface area contributed by atoms with Crippen LogP contribution in [0.2, 0.25) is 0 Å². The average molecular weight is 213 g/mol. The first-order valence-electron chi connectivity index (χ1n) is 4.93. The third-order valence-electron chi connectivity index (χ3n) is 2.25. The molecule has 0 aliphatic rings. The minimum absolute atomic E-state index is 0.330. The molecule has 1 atom stereocenters. The second kappa shape index (κ2) is 6.82. The summed E-state index contributed by atoms with van der Waals surface area (Å²) in [6.07, 6.45) is 2.99. The normalized spacial score (nSPS) is 12.7. The van der Waals surface area contributed by atoms with E-state index < -0.39 is 0 Å². The highest BCUT2D eigenvalue weighted by Gasteiger charge is 2.06. The summed E-state index contributed by atoms with van der Waals surface area (Å²) in [7, 11) is 0. The lowest BCUT2D eigenvalue weighted by atomic mass is 10.0. The first-order chi connectivity index (χ1) is 6.86. The molecule has 0 bridgehead atoms. The van der Waals surface area contributed by atoms with Gasteiger partial charge in [0.1, 0.15) is 0 Å². The monoisotopic (exact) mass is 212 g/mol. The largest absolute Gasteiger partial charge is 0.271 e. The number of rotatable bonds is 6. The van der Waals surface area contributed by atoms with Crippen LogP contribution in [0.4, 0.5) is 0 Å². The summed E-state index contributed by atoms with van der Waals surface area (Å²) < 4.78 is 0. The molecule has 0 aromatic heterocycles. The van der Waals surface area contributed by atoms with Gasteiger partial charge in [0.05, 0.1) is 0 Å². The van der Waals surface area contributed by atoms with Gasteiger partial charge in [-0.05, 0) is 24.8 Å². The first kappa shape index (κ1) is 11.5. The maximum atomic E-state index is 5.64. The molecule has 1 unspecified atom stereocenters. The van der Waals surface area contributed by atoms with E-state index >= 15 is 0 Å². The molecule has 0 aliphatic carbocycles. The van der Waals surface area contributed by atoms with Crippen LogP contribution in [-0.2, 0) is 6.42 Å². The summed E-state index contributed by atoms with van der Waals surface area (Å²) >= 11 is 5.64. The van der Waals surface area contributed by atoms with Crippen molar-refractivity contribution in [1.82, 2.24) is 5.43 Å². The Labute approximate surface area is 90.4 Å². The van der Waals surface area contributed by atoms with Gasteiger partial charge in [-0.15, -0.1) is 11.6 Å². The van der Waals surface area contributed by atoms with Gasteiger partial charge >= 0.3 is 0 Å². The maximum absolute atomic E-state index is 5.64.